The molecule has 0 spiro atoms. The van der Waals surface area contributed by atoms with Gasteiger partial charge in [-0.3, -0.25) is 4.79 Å². The van der Waals surface area contributed by atoms with Crippen molar-refractivity contribution in [3.05, 3.63) is 77.1 Å². The zero-order chi connectivity index (χ0) is 19.0. The largest absolute Gasteiger partial charge is 0.477 e. The number of carboxylic acid groups (broad SMARTS) is 1. The lowest BCUT2D eigenvalue weighted by Crippen LogP contribution is -2.12. The minimum absolute atomic E-state index is 0.0632. The summed E-state index contributed by atoms with van der Waals surface area (Å²) in [5.41, 5.74) is 2.60. The number of pyridine rings is 1. The van der Waals surface area contributed by atoms with Crippen LogP contribution in [0.4, 0.5) is 5.69 Å². The second-order valence-corrected chi connectivity index (χ2v) is 6.08. The first kappa shape index (κ1) is 16.6. The Morgan fingerprint density at radius 3 is 2.78 bits per heavy atom. The summed E-state index contributed by atoms with van der Waals surface area (Å²) in [7, 11) is 0. The fraction of sp³-hybridized carbons (Fsp3) is 0.0500. The lowest BCUT2D eigenvalue weighted by molar-refractivity contribution is -0.134. The first-order valence-corrected chi connectivity index (χ1v) is 8.20. The number of H-pyrrole nitrogens is 1. The van der Waals surface area contributed by atoms with Crippen LogP contribution in [0.5, 0.6) is 0 Å². The molecule has 4 rings (SSSR count). The van der Waals surface area contributed by atoms with Gasteiger partial charge in [-0.25, -0.2) is 9.78 Å². The van der Waals surface area contributed by atoms with E-state index >= 15 is 0 Å². The predicted octanol–water partition coefficient (Wildman–Crippen LogP) is 3.22. The maximum absolute atomic E-state index is 12.6. The lowest BCUT2D eigenvalue weighted by Gasteiger charge is -2.08. The van der Waals surface area contributed by atoms with E-state index in [9.17, 15) is 14.7 Å². The van der Waals surface area contributed by atoms with Crippen LogP contribution in [0.25, 0.3) is 17.1 Å². The average Bonchev–Trinajstić information content (AvgIpc) is 3.19. The van der Waals surface area contributed by atoms with Crippen molar-refractivity contribution in [1.29, 1.82) is 0 Å². The summed E-state index contributed by atoms with van der Waals surface area (Å²) in [6.07, 6.45) is 4.85. The zero-order valence-corrected chi connectivity index (χ0v) is 14.3. The molecule has 0 aliphatic carbocycles. The zero-order valence-electron chi connectivity index (χ0n) is 14.3. The van der Waals surface area contributed by atoms with Crippen molar-refractivity contribution in [1.82, 2.24) is 9.97 Å². The molecule has 0 saturated carbocycles. The summed E-state index contributed by atoms with van der Waals surface area (Å²) < 4.78 is 5.57. The number of carbonyl (C=O) groups is 2. The number of aryl methyl sites for hydroxylation is 1. The van der Waals surface area contributed by atoms with Gasteiger partial charge in [-0.15, -0.1) is 0 Å². The van der Waals surface area contributed by atoms with Crippen LogP contribution in [0.1, 0.15) is 11.1 Å². The Hall–Kier alpha value is -3.87. The van der Waals surface area contributed by atoms with Crippen LogP contribution in [-0.2, 0) is 14.3 Å². The predicted molar refractivity (Wildman–Crippen MR) is 99.6 cm³/mol. The van der Waals surface area contributed by atoms with E-state index in [1.807, 2.05) is 25.1 Å². The highest BCUT2D eigenvalue weighted by Crippen LogP contribution is 2.29. The number of anilines is 1. The quantitative estimate of drug-likeness (QED) is 0.487. The van der Waals surface area contributed by atoms with Crippen LogP contribution in [0.3, 0.4) is 0 Å². The molecule has 0 radical (unpaired) electrons. The third-order valence-electron chi connectivity index (χ3n) is 4.18. The highest BCUT2D eigenvalue weighted by atomic mass is 16.5. The highest BCUT2D eigenvalue weighted by Gasteiger charge is 2.36. The van der Waals surface area contributed by atoms with E-state index in [0.717, 1.165) is 10.9 Å². The standard InChI is InChI=1S/C20H15N3O4/c1-11-4-6-13(7-5-11)23-19-16(20(25)26)17(24)15(27-19)9-12-10-22-18-14(12)3-2-8-21-18/h2-10,23H,1H3,(H,21,22)(H,25,26). The van der Waals surface area contributed by atoms with Gasteiger partial charge in [-0.2, -0.15) is 0 Å². The van der Waals surface area contributed by atoms with Gasteiger partial charge in [0, 0.05) is 29.0 Å². The average molecular weight is 361 g/mol. The molecule has 134 valence electrons. The number of allylic oxidation sites excluding steroid dienone is 1. The lowest BCUT2D eigenvalue weighted by atomic mass is 10.1. The van der Waals surface area contributed by atoms with Gasteiger partial charge >= 0.3 is 5.97 Å². The van der Waals surface area contributed by atoms with Gasteiger partial charge in [-0.05, 0) is 37.3 Å². The van der Waals surface area contributed by atoms with Crippen LogP contribution in [0, 0.1) is 6.92 Å². The number of aromatic amines is 1. The molecule has 0 amide bonds. The molecule has 0 unspecified atom stereocenters. The Balaban J connectivity index is 1.69. The monoisotopic (exact) mass is 361 g/mol. The number of nitrogens with zero attached hydrogens (tertiary/aromatic N) is 1. The molecule has 3 N–H and O–H groups in total. The second kappa shape index (κ2) is 6.45. The number of Topliss-reactive ketones (excluding diaryl/α,β-unsaturated/α-hetero) is 1. The molecule has 1 aromatic carbocycles. The SMILES string of the molecule is Cc1ccc(NC2=C(C(=O)O)C(=O)C(=Cc3c[nH]c4ncccc34)O2)cc1. The molecule has 27 heavy (non-hydrogen) atoms. The first-order chi connectivity index (χ1) is 13.0. The molecule has 1 aliphatic heterocycles. The van der Waals surface area contributed by atoms with Crippen LogP contribution in [0.15, 0.2) is 66.0 Å². The smallest absolute Gasteiger partial charge is 0.345 e. The number of rotatable bonds is 4. The number of fused-ring (bicyclic) bond motifs is 1. The van der Waals surface area contributed by atoms with E-state index in [1.54, 1.807) is 30.6 Å². The Bertz CT molecular complexity index is 1120. The molecular formula is C20H15N3O4. The summed E-state index contributed by atoms with van der Waals surface area (Å²) in [5.74, 6) is -2.19. The topological polar surface area (TPSA) is 104 Å². The Labute approximate surface area is 154 Å². The number of aliphatic carboxylic acids is 1. The van der Waals surface area contributed by atoms with Crippen molar-refractivity contribution in [2.45, 2.75) is 6.92 Å². The van der Waals surface area contributed by atoms with Crippen LogP contribution in [0.2, 0.25) is 0 Å². The number of nitrogens with one attached hydrogen (secondary N) is 2. The van der Waals surface area contributed by atoms with E-state index in [2.05, 4.69) is 15.3 Å². The van der Waals surface area contributed by atoms with Crippen molar-refractivity contribution >= 4 is 34.5 Å². The Morgan fingerprint density at radius 1 is 1.26 bits per heavy atom. The van der Waals surface area contributed by atoms with Crippen molar-refractivity contribution in [2.24, 2.45) is 0 Å². The van der Waals surface area contributed by atoms with Crippen LogP contribution < -0.4 is 5.32 Å². The fourth-order valence-electron chi connectivity index (χ4n) is 2.82. The maximum Gasteiger partial charge on any atom is 0.345 e. The van der Waals surface area contributed by atoms with Crippen LogP contribution in [-0.4, -0.2) is 26.8 Å². The van der Waals surface area contributed by atoms with Crippen molar-refractivity contribution in [3.63, 3.8) is 0 Å². The van der Waals surface area contributed by atoms with Gasteiger partial charge in [0.2, 0.25) is 11.7 Å². The van der Waals surface area contributed by atoms with E-state index < -0.39 is 17.3 Å². The summed E-state index contributed by atoms with van der Waals surface area (Å²) in [4.78, 5) is 31.3. The molecular weight excluding hydrogens is 346 g/mol. The summed E-state index contributed by atoms with van der Waals surface area (Å²) in [6.45, 7) is 1.94. The number of ketones is 1. The Morgan fingerprint density at radius 2 is 2.04 bits per heavy atom. The van der Waals surface area contributed by atoms with Crippen molar-refractivity contribution in [3.8, 4) is 0 Å². The third kappa shape index (κ3) is 3.06. The number of hydrogen-bond acceptors (Lipinski definition) is 5. The molecule has 3 heterocycles. The second-order valence-electron chi connectivity index (χ2n) is 6.08. The van der Waals surface area contributed by atoms with E-state index in [0.29, 0.717) is 16.9 Å². The minimum Gasteiger partial charge on any atom is -0.477 e. The summed E-state index contributed by atoms with van der Waals surface area (Å²) in [5, 5.41) is 13.1. The summed E-state index contributed by atoms with van der Waals surface area (Å²) >= 11 is 0. The van der Waals surface area contributed by atoms with Gasteiger partial charge < -0.3 is 20.1 Å². The molecule has 0 bridgehead atoms. The van der Waals surface area contributed by atoms with E-state index in [1.165, 1.54) is 6.08 Å². The van der Waals surface area contributed by atoms with E-state index in [4.69, 9.17) is 4.74 Å². The van der Waals surface area contributed by atoms with Gasteiger partial charge in [0.1, 0.15) is 5.65 Å². The molecule has 2 aromatic heterocycles. The fourth-order valence-corrected chi connectivity index (χ4v) is 2.82. The molecule has 0 saturated heterocycles. The number of hydrogen-bond donors (Lipinski definition) is 3. The van der Waals surface area contributed by atoms with Gasteiger partial charge in [0.15, 0.2) is 11.3 Å². The molecule has 7 heteroatoms. The number of carboxylic acids is 1. The van der Waals surface area contributed by atoms with Gasteiger partial charge in [0.25, 0.3) is 0 Å². The molecule has 7 nitrogen and oxygen atoms in total. The summed E-state index contributed by atoms with van der Waals surface area (Å²) in [6, 6.07) is 10.9. The van der Waals surface area contributed by atoms with Crippen LogP contribution >= 0.6 is 0 Å². The molecule has 0 atom stereocenters. The third-order valence-corrected chi connectivity index (χ3v) is 4.18. The van der Waals surface area contributed by atoms with Gasteiger partial charge in [-0.1, -0.05) is 17.7 Å². The molecule has 1 aliphatic rings. The first-order valence-electron chi connectivity index (χ1n) is 8.20. The number of ether oxygens (including phenoxy) is 1. The maximum atomic E-state index is 12.6. The molecule has 3 aromatic rings. The number of aromatic nitrogens is 2. The van der Waals surface area contributed by atoms with Crippen molar-refractivity contribution in [2.75, 3.05) is 5.32 Å². The highest BCUT2D eigenvalue weighted by molar-refractivity contribution is 6.26. The number of benzene rings is 1. The molecule has 0 fully saturated rings. The normalized spacial score (nSPS) is 15.4. The Kier molecular flexibility index (Phi) is 3.97. The minimum atomic E-state index is -1.35. The van der Waals surface area contributed by atoms with Gasteiger partial charge in [0.05, 0.1) is 0 Å². The van der Waals surface area contributed by atoms with Crippen molar-refractivity contribution < 1.29 is 19.4 Å². The number of carbonyl (C=O) groups excluding carboxylic acids is 1. The van der Waals surface area contributed by atoms with E-state index in [-0.39, 0.29) is 11.6 Å².